The van der Waals surface area contributed by atoms with E-state index in [0.717, 1.165) is 5.56 Å². The Morgan fingerprint density at radius 2 is 1.73 bits per heavy atom. The van der Waals surface area contributed by atoms with Crippen LogP contribution in [0.15, 0.2) is 66.2 Å². The van der Waals surface area contributed by atoms with E-state index in [-0.39, 0.29) is 16.2 Å². The monoisotopic (exact) mass is 521 g/mol. The lowest BCUT2D eigenvalue weighted by Gasteiger charge is -2.26. The Morgan fingerprint density at radius 3 is 2.41 bits per heavy atom. The summed E-state index contributed by atoms with van der Waals surface area (Å²) in [5, 5.41) is 11.7. The average molecular weight is 522 g/mol. The Kier molecular flexibility index (Phi) is 7.74. The van der Waals surface area contributed by atoms with Crippen molar-refractivity contribution in [3.63, 3.8) is 0 Å². The molecule has 1 aliphatic rings. The quantitative estimate of drug-likeness (QED) is 0.220. The zero-order valence-electron chi connectivity index (χ0n) is 21.1. The van der Waals surface area contributed by atoms with E-state index in [0.29, 0.717) is 41.7 Å². The fourth-order valence-corrected chi connectivity index (χ4v) is 4.62. The van der Waals surface area contributed by atoms with Crippen molar-refractivity contribution in [2.24, 2.45) is 0 Å². The molecule has 0 bridgehead atoms. The van der Waals surface area contributed by atoms with E-state index in [2.05, 4.69) is 0 Å². The molecule has 1 atom stereocenters. The van der Waals surface area contributed by atoms with Gasteiger partial charge in [0, 0.05) is 11.3 Å². The first-order valence-corrected chi connectivity index (χ1v) is 12.3. The summed E-state index contributed by atoms with van der Waals surface area (Å²) in [5.74, 6) is -0.547. The summed E-state index contributed by atoms with van der Waals surface area (Å²) in [5.41, 5.74) is 2.09. The third kappa shape index (κ3) is 5.00. The third-order valence-electron chi connectivity index (χ3n) is 6.03. The largest absolute Gasteiger partial charge is 0.507 e. The molecule has 1 heterocycles. The standard InChI is InChI=1S/C29H28ClNO6/c1-5-36-20-11-12-22(30)21(16-20)27(32)25-26(18-10-13-23(37-6-2)24(15-18)35-4)31(29(34)28(25)33)19-9-7-8-17(3)14-19/h7-16,26,32H,5-6H2,1-4H3/b27-25+. The number of nitrogens with zero attached hydrogens (tertiary/aromatic N) is 1. The van der Waals surface area contributed by atoms with Crippen LogP contribution in [0.4, 0.5) is 5.69 Å². The molecule has 192 valence electrons. The van der Waals surface area contributed by atoms with Crippen LogP contribution >= 0.6 is 11.6 Å². The smallest absolute Gasteiger partial charge is 0.300 e. The van der Waals surface area contributed by atoms with Crippen LogP contribution in [0.5, 0.6) is 17.2 Å². The molecule has 0 radical (unpaired) electrons. The second-order valence-electron chi connectivity index (χ2n) is 8.43. The predicted molar refractivity (Wildman–Crippen MR) is 143 cm³/mol. The van der Waals surface area contributed by atoms with Gasteiger partial charge in [0.25, 0.3) is 11.7 Å². The molecule has 37 heavy (non-hydrogen) atoms. The van der Waals surface area contributed by atoms with E-state index < -0.39 is 23.5 Å². The molecule has 0 saturated carbocycles. The number of halogens is 1. The van der Waals surface area contributed by atoms with Gasteiger partial charge in [0.05, 0.1) is 37.0 Å². The summed E-state index contributed by atoms with van der Waals surface area (Å²) in [6.45, 7) is 6.44. The van der Waals surface area contributed by atoms with Crippen LogP contribution < -0.4 is 19.1 Å². The van der Waals surface area contributed by atoms with Crippen molar-refractivity contribution in [2.75, 3.05) is 25.2 Å². The predicted octanol–water partition coefficient (Wildman–Crippen LogP) is 6.08. The van der Waals surface area contributed by atoms with E-state index in [1.54, 1.807) is 42.5 Å². The first-order valence-electron chi connectivity index (χ1n) is 11.9. The highest BCUT2D eigenvalue weighted by molar-refractivity contribution is 6.52. The van der Waals surface area contributed by atoms with Gasteiger partial charge in [-0.15, -0.1) is 0 Å². The highest BCUT2D eigenvalue weighted by Crippen LogP contribution is 2.45. The second kappa shape index (κ2) is 11.0. The normalized spacial score (nSPS) is 16.7. The van der Waals surface area contributed by atoms with Crippen LogP contribution in [-0.4, -0.2) is 37.1 Å². The lowest BCUT2D eigenvalue weighted by molar-refractivity contribution is -0.132. The van der Waals surface area contributed by atoms with E-state index >= 15 is 0 Å². The molecule has 1 unspecified atom stereocenters. The maximum absolute atomic E-state index is 13.5. The number of hydrogen-bond donors (Lipinski definition) is 1. The zero-order chi connectivity index (χ0) is 26.7. The molecule has 1 fully saturated rings. The number of Topliss-reactive ketones (excluding diaryl/α,β-unsaturated/α-hetero) is 1. The van der Waals surface area contributed by atoms with Gasteiger partial charge in [0.15, 0.2) is 11.5 Å². The van der Waals surface area contributed by atoms with Gasteiger partial charge in [-0.2, -0.15) is 0 Å². The molecule has 8 heteroatoms. The number of carbonyl (C=O) groups is 2. The van der Waals surface area contributed by atoms with Gasteiger partial charge >= 0.3 is 0 Å². The number of ketones is 1. The van der Waals surface area contributed by atoms with Gasteiger partial charge in [-0.1, -0.05) is 29.8 Å². The number of ether oxygens (including phenoxy) is 3. The first kappa shape index (κ1) is 26.1. The lowest BCUT2D eigenvalue weighted by Crippen LogP contribution is -2.29. The maximum Gasteiger partial charge on any atom is 0.300 e. The molecule has 7 nitrogen and oxygen atoms in total. The summed E-state index contributed by atoms with van der Waals surface area (Å²) in [4.78, 5) is 28.3. The van der Waals surface area contributed by atoms with E-state index in [1.165, 1.54) is 12.0 Å². The molecule has 1 N–H and O–H groups in total. The fourth-order valence-electron chi connectivity index (χ4n) is 4.41. The highest BCUT2D eigenvalue weighted by atomic mass is 35.5. The molecular formula is C29H28ClNO6. The third-order valence-corrected chi connectivity index (χ3v) is 6.36. The fraction of sp³-hybridized carbons (Fsp3) is 0.241. The number of aliphatic hydroxyl groups excluding tert-OH is 1. The molecule has 0 aliphatic carbocycles. The molecular weight excluding hydrogens is 494 g/mol. The molecule has 3 aromatic rings. The summed E-state index contributed by atoms with van der Waals surface area (Å²) >= 11 is 6.43. The maximum atomic E-state index is 13.5. The summed E-state index contributed by atoms with van der Waals surface area (Å²) in [6.07, 6.45) is 0. The number of aliphatic hydroxyl groups is 1. The number of methoxy groups -OCH3 is 1. The molecule has 3 aromatic carbocycles. The number of aryl methyl sites for hydroxylation is 1. The van der Waals surface area contributed by atoms with Crippen molar-refractivity contribution in [3.05, 3.63) is 87.9 Å². The van der Waals surface area contributed by atoms with Crippen LogP contribution in [0.1, 0.15) is 36.6 Å². The number of amides is 1. The number of hydrogen-bond acceptors (Lipinski definition) is 6. The number of anilines is 1. The van der Waals surface area contributed by atoms with Crippen LogP contribution in [0.3, 0.4) is 0 Å². The minimum Gasteiger partial charge on any atom is -0.507 e. The van der Waals surface area contributed by atoms with E-state index in [9.17, 15) is 14.7 Å². The van der Waals surface area contributed by atoms with Gasteiger partial charge in [-0.05, 0) is 74.4 Å². The van der Waals surface area contributed by atoms with Crippen molar-refractivity contribution in [2.45, 2.75) is 26.8 Å². The average Bonchev–Trinajstić information content (AvgIpc) is 3.15. The van der Waals surface area contributed by atoms with Crippen molar-refractivity contribution in [1.82, 2.24) is 0 Å². The van der Waals surface area contributed by atoms with Crippen molar-refractivity contribution in [1.29, 1.82) is 0 Å². The van der Waals surface area contributed by atoms with Crippen LogP contribution in [0.25, 0.3) is 5.76 Å². The minimum absolute atomic E-state index is 0.0896. The molecule has 0 aromatic heterocycles. The first-order chi connectivity index (χ1) is 17.8. The van der Waals surface area contributed by atoms with Gasteiger partial charge in [0.2, 0.25) is 0 Å². The Bertz CT molecular complexity index is 1380. The molecule has 4 rings (SSSR count). The van der Waals surface area contributed by atoms with E-state index in [4.69, 9.17) is 25.8 Å². The lowest BCUT2D eigenvalue weighted by atomic mass is 9.94. The Morgan fingerprint density at radius 1 is 0.973 bits per heavy atom. The Hall–Kier alpha value is -3.97. The second-order valence-corrected chi connectivity index (χ2v) is 8.83. The Labute approximate surface area is 220 Å². The Balaban J connectivity index is 1.97. The summed E-state index contributed by atoms with van der Waals surface area (Å²) in [7, 11) is 1.51. The SMILES string of the molecule is CCOc1ccc(Cl)c(/C(O)=C2\C(=O)C(=O)N(c3cccc(C)c3)C2c2ccc(OCC)c(OC)c2)c1. The van der Waals surface area contributed by atoms with Crippen LogP contribution in [0, 0.1) is 6.92 Å². The number of carbonyl (C=O) groups excluding carboxylic acids is 2. The van der Waals surface area contributed by atoms with Crippen LogP contribution in [0.2, 0.25) is 5.02 Å². The summed E-state index contributed by atoms with van der Waals surface area (Å²) < 4.78 is 16.7. The molecule has 0 spiro atoms. The van der Waals surface area contributed by atoms with Gasteiger partial charge in [-0.25, -0.2) is 0 Å². The van der Waals surface area contributed by atoms with Crippen molar-refractivity contribution in [3.8, 4) is 17.2 Å². The summed E-state index contributed by atoms with van der Waals surface area (Å²) in [6, 6.07) is 16.3. The number of rotatable bonds is 8. The van der Waals surface area contributed by atoms with E-state index in [1.807, 2.05) is 39.0 Å². The van der Waals surface area contributed by atoms with Crippen molar-refractivity contribution < 1.29 is 28.9 Å². The molecule has 1 aliphatic heterocycles. The molecule has 1 saturated heterocycles. The number of benzene rings is 3. The van der Waals surface area contributed by atoms with Crippen LogP contribution in [-0.2, 0) is 9.59 Å². The van der Waals surface area contributed by atoms with Crippen molar-refractivity contribution >= 4 is 34.7 Å². The van der Waals surface area contributed by atoms with Gasteiger partial charge in [0.1, 0.15) is 11.5 Å². The van der Waals surface area contributed by atoms with Gasteiger partial charge in [-0.3, -0.25) is 14.5 Å². The molecule has 1 amide bonds. The topological polar surface area (TPSA) is 85.3 Å². The highest BCUT2D eigenvalue weighted by Gasteiger charge is 2.47. The zero-order valence-corrected chi connectivity index (χ0v) is 21.8. The van der Waals surface area contributed by atoms with Gasteiger partial charge < -0.3 is 19.3 Å². The minimum atomic E-state index is -0.946.